The van der Waals surface area contributed by atoms with Crippen LogP contribution in [0.5, 0.6) is 0 Å². The van der Waals surface area contributed by atoms with Crippen molar-refractivity contribution in [3.63, 3.8) is 0 Å². The van der Waals surface area contributed by atoms with Gasteiger partial charge >= 0.3 is 5.97 Å². The van der Waals surface area contributed by atoms with E-state index in [0.717, 1.165) is 21.4 Å². The Bertz CT molecular complexity index is 584. The van der Waals surface area contributed by atoms with Gasteiger partial charge < -0.3 is 10.1 Å². The minimum atomic E-state index is -0.242. The number of esters is 1. The molecule has 0 bridgehead atoms. The summed E-state index contributed by atoms with van der Waals surface area (Å²) in [7, 11) is 0. The number of aromatic nitrogens is 1. The van der Waals surface area contributed by atoms with Gasteiger partial charge in [0.15, 0.2) is 5.13 Å². The van der Waals surface area contributed by atoms with Crippen LogP contribution in [0.4, 0.5) is 10.8 Å². The average molecular weight is 308 g/mol. The summed E-state index contributed by atoms with van der Waals surface area (Å²) in [6.45, 7) is 2.19. The lowest BCUT2D eigenvalue weighted by Crippen LogP contribution is -2.07. The Balaban J connectivity index is 2.04. The van der Waals surface area contributed by atoms with Crippen LogP contribution in [-0.4, -0.2) is 23.8 Å². The maximum absolute atomic E-state index is 11.4. The first-order valence-corrected chi connectivity index (χ1v) is 8.33. The van der Waals surface area contributed by atoms with Crippen molar-refractivity contribution in [1.82, 2.24) is 4.98 Å². The van der Waals surface area contributed by atoms with Gasteiger partial charge in [-0.2, -0.15) is 0 Å². The third-order valence-electron chi connectivity index (χ3n) is 2.53. The number of nitrogens with zero attached hydrogens (tertiary/aromatic N) is 1. The summed E-state index contributed by atoms with van der Waals surface area (Å²) < 4.78 is 4.91. The van der Waals surface area contributed by atoms with Gasteiger partial charge in [0, 0.05) is 10.3 Å². The van der Waals surface area contributed by atoms with Crippen LogP contribution in [0.3, 0.4) is 0 Å². The van der Waals surface area contributed by atoms with E-state index >= 15 is 0 Å². The summed E-state index contributed by atoms with van der Waals surface area (Å²) in [5.74, 6) is -0.242. The molecule has 4 nitrogen and oxygen atoms in total. The fraction of sp³-hybridized carbons (Fsp3) is 0.286. The van der Waals surface area contributed by atoms with E-state index in [4.69, 9.17) is 4.74 Å². The molecule has 2 aromatic rings. The zero-order valence-electron chi connectivity index (χ0n) is 11.4. The second-order valence-electron chi connectivity index (χ2n) is 3.95. The lowest BCUT2D eigenvalue weighted by Gasteiger charge is -2.07. The third-order valence-corrected chi connectivity index (χ3v) is 4.13. The molecular formula is C14H16N2O2S2. The molecule has 0 fully saturated rings. The number of thiazole rings is 1. The van der Waals surface area contributed by atoms with E-state index < -0.39 is 0 Å². The summed E-state index contributed by atoms with van der Waals surface area (Å²) in [4.78, 5) is 17.0. The lowest BCUT2D eigenvalue weighted by atomic mass is 10.3. The second kappa shape index (κ2) is 7.31. The summed E-state index contributed by atoms with van der Waals surface area (Å²) in [5, 5.41) is 5.94. The Kier molecular flexibility index (Phi) is 5.43. The Hall–Kier alpha value is -1.53. The molecule has 0 aliphatic heterocycles. The topological polar surface area (TPSA) is 51.2 Å². The Morgan fingerprint density at radius 1 is 1.45 bits per heavy atom. The standard InChI is InChI=1S/C14H16N2O2S2/c1-3-18-13(17)8-10-9-20-14(15-10)16-11-6-4-5-7-12(11)19-2/h4-7,9H,3,8H2,1-2H3,(H,15,16). The van der Waals surface area contributed by atoms with E-state index in [-0.39, 0.29) is 12.4 Å². The second-order valence-corrected chi connectivity index (χ2v) is 5.66. The maximum Gasteiger partial charge on any atom is 0.311 e. The van der Waals surface area contributed by atoms with Crippen LogP contribution in [0.15, 0.2) is 34.5 Å². The van der Waals surface area contributed by atoms with E-state index in [0.29, 0.717) is 6.61 Å². The zero-order valence-corrected chi connectivity index (χ0v) is 13.0. The zero-order chi connectivity index (χ0) is 14.4. The van der Waals surface area contributed by atoms with Crippen molar-refractivity contribution < 1.29 is 9.53 Å². The van der Waals surface area contributed by atoms with Crippen LogP contribution in [0, 0.1) is 0 Å². The molecule has 0 radical (unpaired) electrons. The molecule has 0 aliphatic carbocycles. The molecule has 6 heteroatoms. The van der Waals surface area contributed by atoms with Crippen LogP contribution in [0.1, 0.15) is 12.6 Å². The smallest absolute Gasteiger partial charge is 0.311 e. The highest BCUT2D eigenvalue weighted by Crippen LogP contribution is 2.29. The quantitative estimate of drug-likeness (QED) is 0.651. The van der Waals surface area contributed by atoms with E-state index in [1.807, 2.05) is 29.8 Å². The summed E-state index contributed by atoms with van der Waals surface area (Å²) >= 11 is 3.16. The first-order chi connectivity index (χ1) is 9.72. The highest BCUT2D eigenvalue weighted by atomic mass is 32.2. The van der Waals surface area contributed by atoms with Gasteiger partial charge in [-0.15, -0.1) is 23.1 Å². The first-order valence-electron chi connectivity index (χ1n) is 6.23. The van der Waals surface area contributed by atoms with Crippen molar-refractivity contribution in [3.05, 3.63) is 35.3 Å². The molecule has 0 unspecified atom stereocenters. The van der Waals surface area contributed by atoms with Crippen molar-refractivity contribution >= 4 is 39.9 Å². The number of thioether (sulfide) groups is 1. The molecule has 0 amide bonds. The molecule has 0 saturated carbocycles. The largest absolute Gasteiger partial charge is 0.466 e. The Morgan fingerprint density at radius 2 is 2.25 bits per heavy atom. The van der Waals surface area contributed by atoms with Gasteiger partial charge in [-0.25, -0.2) is 4.98 Å². The van der Waals surface area contributed by atoms with Gasteiger partial charge in [0.25, 0.3) is 0 Å². The van der Waals surface area contributed by atoms with E-state index in [9.17, 15) is 4.79 Å². The number of para-hydroxylation sites is 1. The van der Waals surface area contributed by atoms with E-state index in [1.165, 1.54) is 11.3 Å². The minimum Gasteiger partial charge on any atom is -0.466 e. The third kappa shape index (κ3) is 3.98. The van der Waals surface area contributed by atoms with Crippen LogP contribution >= 0.6 is 23.1 Å². The number of hydrogen-bond donors (Lipinski definition) is 1. The minimum absolute atomic E-state index is 0.218. The summed E-state index contributed by atoms with van der Waals surface area (Å²) in [6, 6.07) is 8.05. The monoisotopic (exact) mass is 308 g/mol. The first kappa shape index (κ1) is 14.9. The number of carbonyl (C=O) groups is 1. The molecule has 1 heterocycles. The number of nitrogens with one attached hydrogen (secondary N) is 1. The van der Waals surface area contributed by atoms with Gasteiger partial charge in [0.2, 0.25) is 0 Å². The van der Waals surface area contributed by atoms with Crippen molar-refractivity contribution in [2.24, 2.45) is 0 Å². The van der Waals surface area contributed by atoms with Crippen LogP contribution in [0.2, 0.25) is 0 Å². The molecule has 20 heavy (non-hydrogen) atoms. The van der Waals surface area contributed by atoms with Gasteiger partial charge in [0.05, 0.1) is 24.4 Å². The molecule has 0 atom stereocenters. The fourth-order valence-corrected chi connectivity index (χ4v) is 2.94. The molecule has 0 aliphatic rings. The molecule has 1 N–H and O–H groups in total. The molecular weight excluding hydrogens is 292 g/mol. The van der Waals surface area contributed by atoms with Crippen molar-refractivity contribution in [2.75, 3.05) is 18.2 Å². The van der Waals surface area contributed by atoms with Crippen molar-refractivity contribution in [1.29, 1.82) is 0 Å². The maximum atomic E-state index is 11.4. The van der Waals surface area contributed by atoms with Crippen LogP contribution in [0.25, 0.3) is 0 Å². The van der Waals surface area contributed by atoms with Crippen molar-refractivity contribution in [3.8, 4) is 0 Å². The fourth-order valence-electron chi connectivity index (χ4n) is 1.67. The van der Waals surface area contributed by atoms with Gasteiger partial charge in [-0.05, 0) is 25.3 Å². The average Bonchev–Trinajstić information content (AvgIpc) is 2.87. The molecule has 2 rings (SSSR count). The number of anilines is 2. The predicted octanol–water partition coefficient (Wildman–Crippen LogP) is 3.71. The number of hydrogen-bond acceptors (Lipinski definition) is 6. The van der Waals surface area contributed by atoms with Gasteiger partial charge in [-0.3, -0.25) is 4.79 Å². The molecule has 0 saturated heterocycles. The normalized spacial score (nSPS) is 10.3. The number of benzene rings is 1. The highest BCUT2D eigenvalue weighted by molar-refractivity contribution is 7.98. The predicted molar refractivity (Wildman–Crippen MR) is 84.0 cm³/mol. The Labute approximate surface area is 126 Å². The van der Waals surface area contributed by atoms with E-state index in [2.05, 4.69) is 16.4 Å². The highest BCUT2D eigenvalue weighted by Gasteiger charge is 2.09. The van der Waals surface area contributed by atoms with Gasteiger partial charge in [-0.1, -0.05) is 12.1 Å². The molecule has 1 aromatic carbocycles. The Morgan fingerprint density at radius 3 is 3.00 bits per heavy atom. The molecule has 1 aromatic heterocycles. The van der Waals surface area contributed by atoms with Crippen LogP contribution in [-0.2, 0) is 16.0 Å². The molecule has 0 spiro atoms. The van der Waals surface area contributed by atoms with Gasteiger partial charge in [0.1, 0.15) is 0 Å². The number of rotatable bonds is 6. The number of ether oxygens (including phenoxy) is 1. The number of carbonyl (C=O) groups excluding carboxylic acids is 1. The molecule has 106 valence electrons. The van der Waals surface area contributed by atoms with E-state index in [1.54, 1.807) is 18.7 Å². The summed E-state index contributed by atoms with van der Waals surface area (Å²) in [5.41, 5.74) is 1.76. The summed E-state index contributed by atoms with van der Waals surface area (Å²) in [6.07, 6.45) is 2.25. The SMILES string of the molecule is CCOC(=O)Cc1csc(Nc2ccccc2SC)n1. The lowest BCUT2D eigenvalue weighted by molar-refractivity contribution is -0.142. The van der Waals surface area contributed by atoms with Crippen LogP contribution < -0.4 is 5.32 Å². The van der Waals surface area contributed by atoms with Crippen molar-refractivity contribution in [2.45, 2.75) is 18.2 Å².